The number of phenols is 1. The third-order valence-corrected chi connectivity index (χ3v) is 4.32. The predicted octanol–water partition coefficient (Wildman–Crippen LogP) is 2.34. The number of aromatic hydroxyl groups is 1. The fourth-order valence-corrected chi connectivity index (χ4v) is 2.25. The topological polar surface area (TPSA) is 67.2 Å². The van der Waals surface area contributed by atoms with Crippen molar-refractivity contribution in [3.05, 3.63) is 29.8 Å². The number of nitrogens with zero attached hydrogens (tertiary/aromatic N) is 2. The minimum absolute atomic E-state index is 0.0501. The first kappa shape index (κ1) is 13.3. The minimum Gasteiger partial charge on any atom is -0.508 e. The van der Waals surface area contributed by atoms with E-state index in [4.69, 9.17) is 0 Å². The van der Waals surface area contributed by atoms with Crippen molar-refractivity contribution in [1.29, 1.82) is 0 Å². The van der Waals surface area contributed by atoms with Gasteiger partial charge in [0.05, 0.1) is 11.1 Å². The van der Waals surface area contributed by atoms with Gasteiger partial charge >= 0.3 is 0 Å². The van der Waals surface area contributed by atoms with Crippen molar-refractivity contribution >= 4 is 0 Å². The molecule has 100 valence electrons. The molecule has 3 N–H and O–H groups in total. The number of phenolic OH excluding ortho intramolecular Hbond substituents is 1. The third-order valence-electron chi connectivity index (χ3n) is 4.32. The van der Waals surface area contributed by atoms with E-state index in [2.05, 4.69) is 0 Å². The second-order valence-electron chi connectivity index (χ2n) is 5.74. The normalized spacial score (nSPS) is 24.6. The number of rotatable bonds is 1. The van der Waals surface area contributed by atoms with Gasteiger partial charge in [-0.2, -0.15) is 10.1 Å². The van der Waals surface area contributed by atoms with E-state index in [1.807, 2.05) is 27.7 Å². The van der Waals surface area contributed by atoms with Crippen LogP contribution in [0.25, 0.3) is 0 Å². The SMILES string of the molecule is CC1(C)N(O)C(c2ccccc2O)N(O)C1(C)C. The molecule has 0 saturated carbocycles. The summed E-state index contributed by atoms with van der Waals surface area (Å²) >= 11 is 0. The van der Waals surface area contributed by atoms with Crippen LogP contribution in [0.4, 0.5) is 0 Å². The molecule has 0 atom stereocenters. The van der Waals surface area contributed by atoms with Crippen molar-refractivity contribution in [2.24, 2.45) is 0 Å². The molecule has 1 heterocycles. The molecule has 0 radical (unpaired) electrons. The molecule has 0 unspecified atom stereocenters. The number of hydroxylamine groups is 4. The Bertz CT molecular complexity index is 439. The lowest BCUT2D eigenvalue weighted by atomic mass is 9.84. The van der Waals surface area contributed by atoms with Crippen molar-refractivity contribution < 1.29 is 15.5 Å². The van der Waals surface area contributed by atoms with Gasteiger partial charge in [0.15, 0.2) is 0 Å². The quantitative estimate of drug-likeness (QED) is 0.716. The van der Waals surface area contributed by atoms with Gasteiger partial charge in [0.25, 0.3) is 0 Å². The molecule has 0 bridgehead atoms. The van der Waals surface area contributed by atoms with E-state index in [0.29, 0.717) is 5.56 Å². The van der Waals surface area contributed by atoms with Crippen LogP contribution in [0.3, 0.4) is 0 Å². The second kappa shape index (κ2) is 3.93. The molecule has 1 aromatic carbocycles. The van der Waals surface area contributed by atoms with Gasteiger partial charge in [-0.15, -0.1) is 0 Å². The lowest BCUT2D eigenvalue weighted by Gasteiger charge is -2.37. The van der Waals surface area contributed by atoms with E-state index in [1.54, 1.807) is 18.2 Å². The number of benzene rings is 1. The molecule has 1 aliphatic rings. The number of hydrogen-bond acceptors (Lipinski definition) is 5. The van der Waals surface area contributed by atoms with E-state index < -0.39 is 17.2 Å². The first-order chi connectivity index (χ1) is 8.21. The molecule has 0 aliphatic carbocycles. The maximum Gasteiger partial charge on any atom is 0.140 e. The molecule has 2 rings (SSSR count). The standard InChI is InChI=1S/C13H20N2O3/c1-12(2)13(3,4)15(18)11(14(12)17)9-7-5-6-8-10(9)16/h5-8,11,16-18H,1-4H3. The van der Waals surface area contributed by atoms with Crippen LogP contribution < -0.4 is 0 Å². The van der Waals surface area contributed by atoms with Crippen LogP contribution in [0.15, 0.2) is 24.3 Å². The van der Waals surface area contributed by atoms with E-state index in [1.165, 1.54) is 6.07 Å². The summed E-state index contributed by atoms with van der Waals surface area (Å²) in [6, 6.07) is 6.68. The van der Waals surface area contributed by atoms with Gasteiger partial charge in [0, 0.05) is 5.56 Å². The van der Waals surface area contributed by atoms with Crippen LogP contribution in [0.2, 0.25) is 0 Å². The second-order valence-corrected chi connectivity index (χ2v) is 5.74. The molecule has 5 heteroatoms. The zero-order valence-electron chi connectivity index (χ0n) is 11.1. The predicted molar refractivity (Wildman–Crippen MR) is 66.3 cm³/mol. The lowest BCUT2D eigenvalue weighted by molar-refractivity contribution is -0.223. The Labute approximate surface area is 107 Å². The third kappa shape index (κ3) is 1.55. The molecule has 18 heavy (non-hydrogen) atoms. The van der Waals surface area contributed by atoms with E-state index >= 15 is 0 Å². The Hall–Kier alpha value is -1.14. The smallest absolute Gasteiger partial charge is 0.140 e. The highest BCUT2D eigenvalue weighted by molar-refractivity contribution is 5.35. The number of hydrogen-bond donors (Lipinski definition) is 3. The summed E-state index contributed by atoms with van der Waals surface area (Å²) in [7, 11) is 0. The molecule has 1 aromatic rings. The van der Waals surface area contributed by atoms with Crippen LogP contribution >= 0.6 is 0 Å². The first-order valence-electron chi connectivity index (χ1n) is 5.95. The Morgan fingerprint density at radius 1 is 0.944 bits per heavy atom. The summed E-state index contributed by atoms with van der Waals surface area (Å²) in [5, 5.41) is 32.7. The Kier molecular flexibility index (Phi) is 2.90. The highest BCUT2D eigenvalue weighted by atomic mass is 16.6. The molecule has 1 fully saturated rings. The van der Waals surface area contributed by atoms with Gasteiger partial charge in [-0.25, -0.2) is 0 Å². The fraction of sp³-hybridized carbons (Fsp3) is 0.538. The molecule has 1 saturated heterocycles. The Morgan fingerprint density at radius 2 is 1.39 bits per heavy atom. The highest BCUT2D eigenvalue weighted by Gasteiger charge is 2.58. The van der Waals surface area contributed by atoms with Crippen LogP contribution in [-0.2, 0) is 0 Å². The van der Waals surface area contributed by atoms with Gasteiger partial charge < -0.3 is 15.5 Å². The molecule has 5 nitrogen and oxygen atoms in total. The maximum atomic E-state index is 10.3. The Balaban J connectivity index is 2.51. The first-order valence-corrected chi connectivity index (χ1v) is 5.95. The average molecular weight is 252 g/mol. The van der Waals surface area contributed by atoms with Gasteiger partial charge in [0.1, 0.15) is 11.9 Å². The van der Waals surface area contributed by atoms with Crippen molar-refractivity contribution in [3.63, 3.8) is 0 Å². The van der Waals surface area contributed by atoms with Crippen molar-refractivity contribution in [2.45, 2.75) is 44.9 Å². The zero-order chi connectivity index (χ0) is 13.7. The van der Waals surface area contributed by atoms with Crippen LogP contribution in [0.1, 0.15) is 39.4 Å². The summed E-state index contributed by atoms with van der Waals surface area (Å²) in [6.45, 7) is 7.37. The molecule has 0 aromatic heterocycles. The molecule has 1 aliphatic heterocycles. The summed E-state index contributed by atoms with van der Waals surface area (Å²) in [5.74, 6) is 0.0501. The lowest BCUT2D eigenvalue weighted by Crippen LogP contribution is -2.52. The Morgan fingerprint density at radius 3 is 1.83 bits per heavy atom. The van der Waals surface area contributed by atoms with Gasteiger partial charge in [0.2, 0.25) is 0 Å². The average Bonchev–Trinajstić information content (AvgIpc) is 2.40. The monoisotopic (exact) mass is 252 g/mol. The van der Waals surface area contributed by atoms with E-state index in [9.17, 15) is 15.5 Å². The zero-order valence-corrected chi connectivity index (χ0v) is 11.1. The van der Waals surface area contributed by atoms with Crippen LogP contribution in [-0.4, -0.2) is 36.7 Å². The van der Waals surface area contributed by atoms with Crippen molar-refractivity contribution in [3.8, 4) is 5.75 Å². The molecular weight excluding hydrogens is 232 g/mol. The summed E-state index contributed by atoms with van der Waals surface area (Å²) in [6.07, 6.45) is -0.781. The van der Waals surface area contributed by atoms with Crippen LogP contribution in [0.5, 0.6) is 5.75 Å². The summed E-state index contributed by atoms with van der Waals surface area (Å²) < 4.78 is 0. The van der Waals surface area contributed by atoms with E-state index in [-0.39, 0.29) is 5.75 Å². The van der Waals surface area contributed by atoms with Gasteiger partial charge in [-0.05, 0) is 33.8 Å². The van der Waals surface area contributed by atoms with Gasteiger partial charge in [-0.1, -0.05) is 18.2 Å². The fourth-order valence-electron chi connectivity index (χ4n) is 2.25. The molecule has 0 amide bonds. The summed E-state index contributed by atoms with van der Waals surface area (Å²) in [5.41, 5.74) is -0.843. The van der Waals surface area contributed by atoms with Crippen molar-refractivity contribution in [2.75, 3.05) is 0 Å². The number of para-hydroxylation sites is 1. The minimum atomic E-state index is -0.781. The molecular formula is C13H20N2O3. The summed E-state index contributed by atoms with van der Waals surface area (Å²) in [4.78, 5) is 0. The van der Waals surface area contributed by atoms with Crippen molar-refractivity contribution in [1.82, 2.24) is 10.1 Å². The van der Waals surface area contributed by atoms with E-state index in [0.717, 1.165) is 10.1 Å². The van der Waals surface area contributed by atoms with Gasteiger partial charge in [-0.3, -0.25) is 0 Å². The highest BCUT2D eigenvalue weighted by Crippen LogP contribution is 2.48. The van der Waals surface area contributed by atoms with Crippen LogP contribution in [0, 0.1) is 0 Å². The largest absolute Gasteiger partial charge is 0.508 e. The maximum absolute atomic E-state index is 10.3. The molecule has 0 spiro atoms.